The fourth-order valence-corrected chi connectivity index (χ4v) is 1.27. The largest absolute Gasteiger partial charge is 0.463 e. The number of esters is 1. The highest BCUT2D eigenvalue weighted by Gasteiger charge is 2.16. The molecule has 0 aromatic rings. The van der Waals surface area contributed by atoms with Crippen LogP contribution in [0.15, 0.2) is 0 Å². The molecular formula is C8H16N2O2. The molecule has 0 aliphatic carbocycles. The lowest BCUT2D eigenvalue weighted by Crippen LogP contribution is -2.40. The van der Waals surface area contributed by atoms with Gasteiger partial charge in [0.15, 0.2) is 0 Å². The third-order valence-electron chi connectivity index (χ3n) is 1.92. The van der Waals surface area contributed by atoms with Crippen molar-refractivity contribution < 1.29 is 9.53 Å². The van der Waals surface area contributed by atoms with Crippen LogP contribution in [0.5, 0.6) is 0 Å². The van der Waals surface area contributed by atoms with E-state index in [1.165, 1.54) is 0 Å². The smallest absolute Gasteiger partial charge is 0.320 e. The molecule has 1 saturated heterocycles. The van der Waals surface area contributed by atoms with Gasteiger partial charge in [0.2, 0.25) is 0 Å². The predicted molar refractivity (Wildman–Crippen MR) is 45.9 cm³/mol. The van der Waals surface area contributed by atoms with Crippen LogP contribution in [0.3, 0.4) is 0 Å². The Morgan fingerprint density at radius 1 is 1.67 bits per heavy atom. The van der Waals surface area contributed by atoms with Crippen LogP contribution in [0, 0.1) is 0 Å². The van der Waals surface area contributed by atoms with Crippen molar-refractivity contribution in [2.24, 2.45) is 0 Å². The van der Waals surface area contributed by atoms with Gasteiger partial charge >= 0.3 is 5.97 Å². The molecule has 4 nitrogen and oxygen atoms in total. The van der Waals surface area contributed by atoms with E-state index in [1.54, 1.807) is 0 Å². The molecular weight excluding hydrogens is 156 g/mol. The lowest BCUT2D eigenvalue weighted by atomic mass is 10.3. The van der Waals surface area contributed by atoms with Crippen molar-refractivity contribution in [3.63, 3.8) is 0 Å². The van der Waals surface area contributed by atoms with Gasteiger partial charge in [-0.25, -0.2) is 0 Å². The van der Waals surface area contributed by atoms with Crippen LogP contribution in [-0.2, 0) is 9.53 Å². The number of hydrogen-bond acceptors (Lipinski definition) is 4. The summed E-state index contributed by atoms with van der Waals surface area (Å²) in [6.07, 6.45) is 1.09. The molecule has 0 aromatic carbocycles. The van der Waals surface area contributed by atoms with Crippen molar-refractivity contribution in [2.75, 3.05) is 39.8 Å². The predicted octanol–water partition coefficient (Wildman–Crippen LogP) is -0.545. The molecule has 4 heteroatoms. The first kappa shape index (κ1) is 9.48. The molecule has 0 unspecified atom stereocenters. The van der Waals surface area contributed by atoms with Crippen molar-refractivity contribution in [1.82, 2.24) is 10.2 Å². The number of nitrogens with zero attached hydrogens (tertiary/aromatic N) is 1. The van der Waals surface area contributed by atoms with Crippen molar-refractivity contribution in [3.05, 3.63) is 0 Å². The van der Waals surface area contributed by atoms with Gasteiger partial charge in [0.05, 0.1) is 6.54 Å². The summed E-state index contributed by atoms with van der Waals surface area (Å²) in [5.74, 6) is -0.0919. The Kier molecular flexibility index (Phi) is 4.04. The molecule has 1 N–H and O–H groups in total. The zero-order valence-corrected chi connectivity index (χ0v) is 7.51. The molecule has 0 saturated carbocycles. The van der Waals surface area contributed by atoms with Crippen molar-refractivity contribution in [1.29, 1.82) is 0 Å². The summed E-state index contributed by atoms with van der Waals surface area (Å²) >= 11 is 0. The van der Waals surface area contributed by atoms with Crippen molar-refractivity contribution in [2.45, 2.75) is 6.42 Å². The van der Waals surface area contributed by atoms with E-state index in [9.17, 15) is 4.79 Å². The monoisotopic (exact) mass is 172 g/mol. The van der Waals surface area contributed by atoms with Crippen LogP contribution < -0.4 is 5.32 Å². The number of hydrogen-bond donors (Lipinski definition) is 1. The number of nitrogens with one attached hydrogen (secondary N) is 1. The Morgan fingerprint density at radius 3 is 3.17 bits per heavy atom. The van der Waals surface area contributed by atoms with Gasteiger partial charge in [-0.1, -0.05) is 0 Å². The number of morpholine rings is 1. The SMILES string of the molecule is CNCCCN1CCOC(=O)C1. The lowest BCUT2D eigenvalue weighted by molar-refractivity contribution is -0.150. The minimum atomic E-state index is -0.0919. The summed E-state index contributed by atoms with van der Waals surface area (Å²) < 4.78 is 4.82. The highest BCUT2D eigenvalue weighted by Crippen LogP contribution is 1.98. The third kappa shape index (κ3) is 3.19. The topological polar surface area (TPSA) is 41.6 Å². The summed E-state index contributed by atoms with van der Waals surface area (Å²) in [4.78, 5) is 13.0. The molecule has 1 rings (SSSR count). The molecule has 0 bridgehead atoms. The fourth-order valence-electron chi connectivity index (χ4n) is 1.27. The van der Waals surface area contributed by atoms with Gasteiger partial charge in [-0.2, -0.15) is 0 Å². The molecule has 1 fully saturated rings. The molecule has 70 valence electrons. The second-order valence-corrected chi connectivity index (χ2v) is 2.95. The van der Waals surface area contributed by atoms with Crippen LogP contribution in [-0.4, -0.2) is 50.7 Å². The molecule has 1 aliphatic heterocycles. The first-order valence-electron chi connectivity index (χ1n) is 4.35. The fraction of sp³-hybridized carbons (Fsp3) is 0.875. The Labute approximate surface area is 72.9 Å². The van der Waals surface area contributed by atoms with Crippen LogP contribution in [0.4, 0.5) is 0 Å². The maximum atomic E-state index is 10.8. The van der Waals surface area contributed by atoms with Crippen LogP contribution >= 0.6 is 0 Å². The van der Waals surface area contributed by atoms with E-state index in [0.717, 1.165) is 26.1 Å². The van der Waals surface area contributed by atoms with Crippen molar-refractivity contribution >= 4 is 5.97 Å². The van der Waals surface area contributed by atoms with Crippen LogP contribution in [0.25, 0.3) is 0 Å². The zero-order valence-electron chi connectivity index (χ0n) is 7.51. The first-order valence-corrected chi connectivity index (χ1v) is 4.35. The summed E-state index contributed by atoms with van der Waals surface area (Å²) in [6, 6.07) is 0. The quantitative estimate of drug-likeness (QED) is 0.456. The van der Waals surface area contributed by atoms with Gasteiger partial charge in [-0.3, -0.25) is 9.69 Å². The van der Waals surface area contributed by atoms with E-state index in [2.05, 4.69) is 10.2 Å². The second-order valence-electron chi connectivity index (χ2n) is 2.95. The number of carbonyl (C=O) groups is 1. The average molecular weight is 172 g/mol. The van der Waals surface area contributed by atoms with Gasteiger partial charge in [-0.15, -0.1) is 0 Å². The van der Waals surface area contributed by atoms with E-state index < -0.39 is 0 Å². The third-order valence-corrected chi connectivity index (χ3v) is 1.92. The number of ether oxygens (including phenoxy) is 1. The summed E-state index contributed by atoms with van der Waals surface area (Å²) in [6.45, 7) is 3.89. The Hall–Kier alpha value is -0.610. The summed E-state index contributed by atoms with van der Waals surface area (Å²) in [5, 5.41) is 3.08. The average Bonchev–Trinajstić information content (AvgIpc) is 2.05. The zero-order chi connectivity index (χ0) is 8.81. The Balaban J connectivity index is 2.10. The van der Waals surface area contributed by atoms with Crippen LogP contribution in [0.1, 0.15) is 6.42 Å². The van der Waals surface area contributed by atoms with E-state index >= 15 is 0 Å². The normalized spacial score (nSPS) is 19.2. The van der Waals surface area contributed by atoms with E-state index in [0.29, 0.717) is 13.2 Å². The number of rotatable bonds is 4. The highest BCUT2D eigenvalue weighted by atomic mass is 16.5. The Morgan fingerprint density at radius 2 is 2.50 bits per heavy atom. The second kappa shape index (κ2) is 5.11. The molecule has 0 radical (unpaired) electrons. The van der Waals surface area contributed by atoms with Crippen LogP contribution in [0.2, 0.25) is 0 Å². The Bertz CT molecular complexity index is 150. The van der Waals surface area contributed by atoms with E-state index in [4.69, 9.17) is 4.74 Å². The minimum absolute atomic E-state index is 0.0919. The van der Waals surface area contributed by atoms with Crippen molar-refractivity contribution in [3.8, 4) is 0 Å². The van der Waals surface area contributed by atoms with Gasteiger partial charge < -0.3 is 10.1 Å². The standard InChI is InChI=1S/C8H16N2O2/c1-9-3-2-4-10-5-6-12-8(11)7-10/h9H,2-7H2,1H3. The molecule has 0 aromatic heterocycles. The number of cyclic esters (lactones) is 1. The molecule has 1 aliphatic rings. The molecule has 12 heavy (non-hydrogen) atoms. The van der Waals surface area contributed by atoms with Gasteiger partial charge in [0.1, 0.15) is 6.61 Å². The molecule has 1 heterocycles. The minimum Gasteiger partial charge on any atom is -0.463 e. The van der Waals surface area contributed by atoms with E-state index in [-0.39, 0.29) is 5.97 Å². The first-order chi connectivity index (χ1) is 5.83. The van der Waals surface area contributed by atoms with Gasteiger partial charge in [0, 0.05) is 13.1 Å². The maximum Gasteiger partial charge on any atom is 0.320 e. The molecule has 0 amide bonds. The highest BCUT2D eigenvalue weighted by molar-refractivity contribution is 5.72. The van der Waals surface area contributed by atoms with Gasteiger partial charge in [0.25, 0.3) is 0 Å². The summed E-state index contributed by atoms with van der Waals surface area (Å²) in [5.41, 5.74) is 0. The van der Waals surface area contributed by atoms with Gasteiger partial charge in [-0.05, 0) is 20.0 Å². The molecule has 0 atom stereocenters. The summed E-state index contributed by atoms with van der Waals surface area (Å²) in [7, 11) is 1.93. The maximum absolute atomic E-state index is 10.8. The number of carbonyl (C=O) groups excluding carboxylic acids is 1. The van der Waals surface area contributed by atoms with E-state index in [1.807, 2.05) is 7.05 Å². The lowest BCUT2D eigenvalue weighted by Gasteiger charge is -2.25. The molecule has 0 spiro atoms.